The van der Waals surface area contributed by atoms with Gasteiger partial charge in [0, 0.05) is 12.2 Å². The van der Waals surface area contributed by atoms with E-state index in [4.69, 9.17) is 9.47 Å². The molecule has 0 radical (unpaired) electrons. The van der Waals surface area contributed by atoms with Crippen LogP contribution in [0.1, 0.15) is 22.3 Å². The van der Waals surface area contributed by atoms with Crippen LogP contribution in [0.25, 0.3) is 0 Å². The number of hydrogen-bond donors (Lipinski definition) is 2. The predicted molar refractivity (Wildman–Crippen MR) is 101 cm³/mol. The summed E-state index contributed by atoms with van der Waals surface area (Å²) >= 11 is 0. The van der Waals surface area contributed by atoms with Crippen molar-refractivity contribution < 1.29 is 28.2 Å². The predicted octanol–water partition coefficient (Wildman–Crippen LogP) is 2.44. The number of hydrogen-bond acceptors (Lipinski definition) is 5. The van der Waals surface area contributed by atoms with Gasteiger partial charge in [0.2, 0.25) is 0 Å². The molecule has 0 unspecified atom stereocenters. The van der Waals surface area contributed by atoms with E-state index in [1.165, 1.54) is 19.2 Å². The van der Waals surface area contributed by atoms with E-state index < -0.39 is 24.3 Å². The van der Waals surface area contributed by atoms with E-state index in [1.54, 1.807) is 37.3 Å². The zero-order valence-corrected chi connectivity index (χ0v) is 15.6. The maximum absolute atomic E-state index is 13.4. The minimum atomic E-state index is -0.648. The lowest BCUT2D eigenvalue weighted by Crippen LogP contribution is -2.28. The summed E-state index contributed by atoms with van der Waals surface area (Å²) in [6.07, 6.45) is -0.104. The van der Waals surface area contributed by atoms with Crippen LogP contribution in [0.4, 0.5) is 10.1 Å². The minimum Gasteiger partial charge on any atom is -0.496 e. The van der Waals surface area contributed by atoms with Crippen LogP contribution < -0.4 is 15.4 Å². The number of nitrogens with one attached hydrogen (secondary N) is 2. The summed E-state index contributed by atoms with van der Waals surface area (Å²) in [6.45, 7) is 1.14. The average molecular weight is 388 g/mol. The Morgan fingerprint density at radius 1 is 1.11 bits per heavy atom. The first-order valence-electron chi connectivity index (χ1n) is 8.53. The number of ether oxygens (including phenoxy) is 2. The van der Waals surface area contributed by atoms with E-state index in [9.17, 15) is 18.8 Å². The molecule has 0 fully saturated rings. The van der Waals surface area contributed by atoms with Crippen LogP contribution in [-0.4, -0.2) is 38.0 Å². The van der Waals surface area contributed by atoms with Crippen molar-refractivity contribution in [1.29, 1.82) is 0 Å². The van der Waals surface area contributed by atoms with Crippen molar-refractivity contribution in [2.24, 2.45) is 0 Å². The molecule has 148 valence electrons. The zero-order chi connectivity index (χ0) is 20.5. The molecule has 2 aromatic carbocycles. The molecule has 0 aliphatic heterocycles. The fourth-order valence-corrected chi connectivity index (χ4v) is 2.29. The molecule has 0 saturated carbocycles. The van der Waals surface area contributed by atoms with Crippen LogP contribution in [0.2, 0.25) is 0 Å². The van der Waals surface area contributed by atoms with E-state index in [2.05, 4.69) is 10.6 Å². The topological polar surface area (TPSA) is 93.7 Å². The monoisotopic (exact) mass is 388 g/mol. The first-order valence-corrected chi connectivity index (χ1v) is 8.53. The largest absolute Gasteiger partial charge is 0.496 e. The molecule has 0 spiro atoms. The number of aryl methyl sites for hydroxylation is 1. The number of rotatable bonds is 8. The first kappa shape index (κ1) is 20.9. The molecule has 2 rings (SSSR count). The van der Waals surface area contributed by atoms with Gasteiger partial charge in [-0.15, -0.1) is 0 Å². The average Bonchev–Trinajstić information content (AvgIpc) is 2.69. The van der Waals surface area contributed by atoms with Crippen molar-refractivity contribution in [3.63, 3.8) is 0 Å². The molecule has 2 amide bonds. The van der Waals surface area contributed by atoms with E-state index in [0.717, 1.165) is 0 Å². The number of anilines is 1. The van der Waals surface area contributed by atoms with E-state index in [0.29, 0.717) is 16.9 Å². The molecule has 0 aliphatic carbocycles. The number of benzene rings is 2. The van der Waals surface area contributed by atoms with Crippen LogP contribution in [-0.2, 0) is 14.3 Å². The highest BCUT2D eigenvalue weighted by molar-refractivity contribution is 5.97. The number of esters is 1. The molecule has 0 heterocycles. The molecule has 0 atom stereocenters. The molecule has 7 nitrogen and oxygen atoms in total. The molecular formula is C20H21FN2O5. The first-order chi connectivity index (χ1) is 13.4. The number of carbonyl (C=O) groups excluding carboxylic acids is 3. The summed E-state index contributed by atoms with van der Waals surface area (Å²) in [4.78, 5) is 35.5. The fraction of sp³-hybridized carbons (Fsp3) is 0.250. The van der Waals surface area contributed by atoms with Gasteiger partial charge in [-0.05, 0) is 36.8 Å². The third kappa shape index (κ3) is 6.08. The van der Waals surface area contributed by atoms with Crippen molar-refractivity contribution in [2.75, 3.05) is 25.6 Å². The molecule has 0 bridgehead atoms. The van der Waals surface area contributed by atoms with Gasteiger partial charge < -0.3 is 20.1 Å². The molecule has 8 heteroatoms. The Hall–Kier alpha value is -3.42. The Morgan fingerprint density at radius 2 is 1.86 bits per heavy atom. The molecular weight excluding hydrogens is 367 g/mol. The smallest absolute Gasteiger partial charge is 0.308 e. The van der Waals surface area contributed by atoms with Gasteiger partial charge in [-0.1, -0.05) is 18.2 Å². The van der Waals surface area contributed by atoms with Gasteiger partial charge in [-0.2, -0.15) is 0 Å². The number of carbonyl (C=O) groups is 3. The van der Waals surface area contributed by atoms with Gasteiger partial charge in [0.1, 0.15) is 11.6 Å². The lowest BCUT2D eigenvalue weighted by molar-refractivity contribution is -0.147. The standard InChI is InChI=1S/C20H21FN2O5/c1-13-7-8-14(11-16(13)21)23-18(24)12-28-19(25)9-10-22-20(26)15-5-3-4-6-17(15)27-2/h3-8,11H,9-10,12H2,1-2H3,(H,22,26)(H,23,24). The number of methoxy groups -OCH3 is 1. The van der Waals surface area contributed by atoms with Crippen LogP contribution in [0.5, 0.6) is 5.75 Å². The van der Waals surface area contributed by atoms with Crippen molar-refractivity contribution in [2.45, 2.75) is 13.3 Å². The minimum absolute atomic E-state index is 0.0422. The maximum atomic E-state index is 13.4. The van der Waals surface area contributed by atoms with Gasteiger partial charge >= 0.3 is 5.97 Å². The van der Waals surface area contributed by atoms with Gasteiger partial charge in [0.15, 0.2) is 6.61 Å². The quantitative estimate of drug-likeness (QED) is 0.678. The summed E-state index contributed by atoms with van der Waals surface area (Å²) in [6, 6.07) is 11.0. The van der Waals surface area contributed by atoms with Crippen molar-refractivity contribution >= 4 is 23.5 Å². The van der Waals surface area contributed by atoms with Gasteiger partial charge in [0.25, 0.3) is 11.8 Å². The van der Waals surface area contributed by atoms with Crippen molar-refractivity contribution in [1.82, 2.24) is 5.32 Å². The molecule has 2 aromatic rings. The third-order valence-corrected chi connectivity index (χ3v) is 3.79. The Bertz CT molecular complexity index is 869. The second-order valence-corrected chi connectivity index (χ2v) is 5.88. The molecule has 2 N–H and O–H groups in total. The lowest BCUT2D eigenvalue weighted by Gasteiger charge is -2.09. The normalized spacial score (nSPS) is 10.1. The summed E-state index contributed by atoms with van der Waals surface area (Å²) in [5.74, 6) is -1.64. The number of amides is 2. The Balaban J connectivity index is 1.71. The Kier molecular flexibility index (Phi) is 7.50. The van der Waals surface area contributed by atoms with Crippen LogP contribution >= 0.6 is 0 Å². The Morgan fingerprint density at radius 3 is 2.57 bits per heavy atom. The van der Waals surface area contributed by atoms with Gasteiger partial charge in [0.05, 0.1) is 19.1 Å². The van der Waals surface area contributed by atoms with Gasteiger partial charge in [-0.25, -0.2) is 4.39 Å². The Labute approximate surface area is 161 Å². The van der Waals surface area contributed by atoms with E-state index in [-0.39, 0.29) is 24.6 Å². The lowest BCUT2D eigenvalue weighted by atomic mass is 10.2. The highest BCUT2D eigenvalue weighted by Gasteiger charge is 2.13. The third-order valence-electron chi connectivity index (χ3n) is 3.79. The highest BCUT2D eigenvalue weighted by Crippen LogP contribution is 2.16. The summed E-state index contributed by atoms with van der Waals surface area (Å²) < 4.78 is 23.4. The van der Waals surface area contributed by atoms with Crippen LogP contribution in [0, 0.1) is 12.7 Å². The molecule has 0 aliphatic rings. The van der Waals surface area contributed by atoms with E-state index in [1.807, 2.05) is 0 Å². The summed E-state index contributed by atoms with van der Waals surface area (Å²) in [5.41, 5.74) is 1.08. The van der Waals surface area contributed by atoms with Crippen LogP contribution in [0.15, 0.2) is 42.5 Å². The number of para-hydroxylation sites is 1. The zero-order valence-electron chi connectivity index (χ0n) is 15.6. The molecule has 28 heavy (non-hydrogen) atoms. The molecule has 0 saturated heterocycles. The maximum Gasteiger partial charge on any atom is 0.308 e. The van der Waals surface area contributed by atoms with Crippen LogP contribution in [0.3, 0.4) is 0 Å². The second-order valence-electron chi connectivity index (χ2n) is 5.88. The van der Waals surface area contributed by atoms with Gasteiger partial charge in [-0.3, -0.25) is 14.4 Å². The summed E-state index contributed by atoms with van der Waals surface area (Å²) in [7, 11) is 1.46. The van der Waals surface area contributed by atoms with Crippen molar-refractivity contribution in [3.05, 3.63) is 59.4 Å². The van der Waals surface area contributed by atoms with Crippen molar-refractivity contribution in [3.8, 4) is 5.75 Å². The molecule has 0 aromatic heterocycles. The highest BCUT2D eigenvalue weighted by atomic mass is 19.1. The SMILES string of the molecule is COc1ccccc1C(=O)NCCC(=O)OCC(=O)Nc1ccc(C)c(F)c1. The summed E-state index contributed by atoms with van der Waals surface area (Å²) in [5, 5.41) is 5.02. The van der Waals surface area contributed by atoms with E-state index >= 15 is 0 Å². The second kappa shape index (κ2) is 10.1. The fourth-order valence-electron chi connectivity index (χ4n) is 2.29. The number of halogens is 1.